The number of halogens is 2. The van der Waals surface area contributed by atoms with Crippen LogP contribution in [-0.2, 0) is 10.0 Å². The molecule has 0 saturated heterocycles. The molecular weight excluding hydrogens is 424 g/mol. The highest BCUT2D eigenvalue weighted by Crippen LogP contribution is 2.41. The number of hydrogen-bond donors (Lipinski definition) is 3. The summed E-state index contributed by atoms with van der Waals surface area (Å²) < 4.78 is 62.4. The summed E-state index contributed by atoms with van der Waals surface area (Å²) in [5, 5.41) is 2.26. The molecule has 0 amide bonds. The summed E-state index contributed by atoms with van der Waals surface area (Å²) in [6, 6.07) is 13.1. The molecule has 162 valence electrons. The zero-order chi connectivity index (χ0) is 22.2. The Morgan fingerprint density at radius 1 is 1.03 bits per heavy atom. The lowest BCUT2D eigenvalue weighted by Crippen LogP contribution is -2.19. The van der Waals surface area contributed by atoms with E-state index in [1.807, 2.05) is 0 Å². The maximum atomic E-state index is 14.4. The molecule has 1 aliphatic rings. The van der Waals surface area contributed by atoms with E-state index in [4.69, 9.17) is 10.5 Å². The minimum absolute atomic E-state index is 0.0179. The van der Waals surface area contributed by atoms with E-state index in [1.165, 1.54) is 18.2 Å². The molecule has 4 N–H and O–H groups in total. The van der Waals surface area contributed by atoms with E-state index >= 15 is 0 Å². The molecule has 3 aromatic carbocycles. The molecule has 0 radical (unpaired) electrons. The van der Waals surface area contributed by atoms with Crippen LogP contribution in [0.25, 0.3) is 0 Å². The van der Waals surface area contributed by atoms with Gasteiger partial charge in [-0.1, -0.05) is 12.1 Å². The van der Waals surface area contributed by atoms with Gasteiger partial charge in [0.05, 0.1) is 16.6 Å². The lowest BCUT2D eigenvalue weighted by atomic mass is 10.2. The van der Waals surface area contributed by atoms with Gasteiger partial charge in [0.2, 0.25) is 10.0 Å². The highest BCUT2D eigenvalue weighted by Gasteiger charge is 2.37. The van der Waals surface area contributed by atoms with E-state index in [0.29, 0.717) is 29.8 Å². The van der Waals surface area contributed by atoms with Crippen molar-refractivity contribution in [2.24, 2.45) is 0 Å². The molecule has 31 heavy (non-hydrogen) atoms. The van der Waals surface area contributed by atoms with E-state index in [2.05, 4.69) is 10.0 Å². The van der Waals surface area contributed by atoms with Crippen LogP contribution >= 0.6 is 0 Å². The normalized spacial score (nSPS) is 13.6. The first-order valence-corrected chi connectivity index (χ1v) is 11.2. The lowest BCUT2D eigenvalue weighted by Gasteiger charge is -2.19. The van der Waals surface area contributed by atoms with Gasteiger partial charge in [-0.15, -0.1) is 0 Å². The number of ether oxygens (including phenoxy) is 1. The first kappa shape index (κ1) is 20.9. The minimum Gasteiger partial charge on any atom is -0.455 e. The summed E-state index contributed by atoms with van der Waals surface area (Å²) in [4.78, 5) is 0. The van der Waals surface area contributed by atoms with Crippen molar-refractivity contribution < 1.29 is 21.9 Å². The molecular formula is C22H21F2N3O3S. The van der Waals surface area contributed by atoms with Crippen LogP contribution in [0.1, 0.15) is 18.4 Å². The van der Waals surface area contributed by atoms with Crippen LogP contribution in [-0.4, -0.2) is 13.7 Å². The predicted octanol–water partition coefficient (Wildman–Crippen LogP) is 5.30. The third-order valence-electron chi connectivity index (χ3n) is 4.75. The predicted molar refractivity (Wildman–Crippen MR) is 117 cm³/mol. The lowest BCUT2D eigenvalue weighted by molar-refractivity contribution is 0.479. The fourth-order valence-corrected chi connectivity index (χ4v) is 4.46. The molecule has 3 aromatic rings. The number of nitrogens with one attached hydrogen (secondary N) is 2. The molecule has 0 aromatic heterocycles. The molecule has 0 spiro atoms. The monoisotopic (exact) mass is 445 g/mol. The van der Waals surface area contributed by atoms with Crippen molar-refractivity contribution in [2.45, 2.75) is 25.0 Å². The molecule has 0 bridgehead atoms. The molecule has 4 rings (SSSR count). The van der Waals surface area contributed by atoms with Gasteiger partial charge in [0.15, 0.2) is 5.75 Å². The van der Waals surface area contributed by atoms with Gasteiger partial charge >= 0.3 is 0 Å². The summed E-state index contributed by atoms with van der Waals surface area (Å²) in [5.41, 5.74) is 6.98. The van der Waals surface area contributed by atoms with Crippen LogP contribution < -0.4 is 20.5 Å². The molecule has 9 heteroatoms. The van der Waals surface area contributed by atoms with Crippen molar-refractivity contribution in [1.82, 2.24) is 0 Å². The number of benzene rings is 3. The first-order chi connectivity index (χ1) is 14.7. The van der Waals surface area contributed by atoms with Crippen molar-refractivity contribution >= 4 is 32.8 Å². The number of nitrogens with two attached hydrogens (primary N) is 1. The molecule has 0 unspecified atom stereocenters. The summed E-state index contributed by atoms with van der Waals surface area (Å²) >= 11 is 0. The third kappa shape index (κ3) is 4.88. The van der Waals surface area contributed by atoms with Gasteiger partial charge in [-0.2, -0.15) is 0 Å². The van der Waals surface area contributed by atoms with Crippen molar-refractivity contribution in [1.29, 1.82) is 0 Å². The van der Waals surface area contributed by atoms with Gasteiger partial charge in [-0.25, -0.2) is 17.2 Å². The van der Waals surface area contributed by atoms with Gasteiger partial charge in [-0.3, -0.25) is 4.72 Å². The number of sulfonamides is 1. The fourth-order valence-electron chi connectivity index (χ4n) is 3.04. The van der Waals surface area contributed by atoms with Crippen LogP contribution in [0, 0.1) is 18.6 Å². The standard InChI is InChI=1S/C22H21F2N3O3S/c1-13-5-8-19(18(24)9-13)26-20-10-14(23)11-21(30-16-4-2-3-15(25)12-16)22(20)27-31(28,29)17-6-7-17/h2-5,8-12,17,26-27H,6-7,25H2,1H3. The van der Waals surface area contributed by atoms with E-state index in [1.54, 1.807) is 31.2 Å². The third-order valence-corrected chi connectivity index (χ3v) is 6.59. The number of hydrogen-bond acceptors (Lipinski definition) is 5. The Bertz CT molecular complexity index is 1240. The molecule has 0 heterocycles. The van der Waals surface area contributed by atoms with E-state index < -0.39 is 26.9 Å². The van der Waals surface area contributed by atoms with Gasteiger partial charge in [0.1, 0.15) is 23.1 Å². The van der Waals surface area contributed by atoms with Crippen LogP contribution in [0.2, 0.25) is 0 Å². The van der Waals surface area contributed by atoms with E-state index in [9.17, 15) is 17.2 Å². The van der Waals surface area contributed by atoms with Crippen molar-refractivity contribution in [3.63, 3.8) is 0 Å². The summed E-state index contributed by atoms with van der Waals surface area (Å²) in [6.45, 7) is 1.74. The number of aryl methyl sites for hydroxylation is 1. The second kappa shape index (κ2) is 8.07. The zero-order valence-corrected chi connectivity index (χ0v) is 17.5. The van der Waals surface area contributed by atoms with Crippen LogP contribution in [0.4, 0.5) is 31.5 Å². The Kier molecular flexibility index (Phi) is 5.45. The molecule has 1 aliphatic carbocycles. The van der Waals surface area contributed by atoms with E-state index in [-0.39, 0.29) is 22.8 Å². The fraction of sp³-hybridized carbons (Fsp3) is 0.182. The Hall–Kier alpha value is -3.33. The molecule has 0 aliphatic heterocycles. The molecule has 1 saturated carbocycles. The number of anilines is 4. The number of rotatable bonds is 7. The highest BCUT2D eigenvalue weighted by atomic mass is 32.2. The van der Waals surface area contributed by atoms with Gasteiger partial charge in [0, 0.05) is 17.8 Å². The van der Waals surface area contributed by atoms with E-state index in [0.717, 1.165) is 12.1 Å². The zero-order valence-electron chi connectivity index (χ0n) is 16.7. The second-order valence-corrected chi connectivity index (χ2v) is 9.42. The highest BCUT2D eigenvalue weighted by molar-refractivity contribution is 7.93. The van der Waals surface area contributed by atoms with Crippen LogP contribution in [0.3, 0.4) is 0 Å². The van der Waals surface area contributed by atoms with Crippen molar-refractivity contribution in [3.8, 4) is 11.5 Å². The Morgan fingerprint density at radius 3 is 2.48 bits per heavy atom. The van der Waals surface area contributed by atoms with Gasteiger partial charge in [-0.05, 0) is 55.7 Å². The summed E-state index contributed by atoms with van der Waals surface area (Å²) in [5.74, 6) is -1.03. The Labute approximate surface area is 179 Å². The molecule has 1 fully saturated rings. The molecule has 6 nitrogen and oxygen atoms in total. The topological polar surface area (TPSA) is 93.4 Å². The summed E-state index contributed by atoms with van der Waals surface area (Å²) in [6.07, 6.45) is 1.08. The van der Waals surface area contributed by atoms with Crippen LogP contribution in [0.5, 0.6) is 11.5 Å². The quantitative estimate of drug-likeness (QED) is 0.430. The SMILES string of the molecule is Cc1ccc(Nc2cc(F)cc(Oc3cccc(N)c3)c2NS(=O)(=O)C2CC2)c(F)c1. The summed E-state index contributed by atoms with van der Waals surface area (Å²) in [7, 11) is -3.72. The first-order valence-electron chi connectivity index (χ1n) is 9.63. The molecule has 0 atom stereocenters. The van der Waals surface area contributed by atoms with Gasteiger partial charge in [0.25, 0.3) is 0 Å². The van der Waals surface area contributed by atoms with Crippen LogP contribution in [0.15, 0.2) is 54.6 Å². The number of nitrogen functional groups attached to an aromatic ring is 1. The second-order valence-electron chi connectivity index (χ2n) is 7.46. The largest absolute Gasteiger partial charge is 0.455 e. The Morgan fingerprint density at radius 2 is 1.81 bits per heavy atom. The smallest absolute Gasteiger partial charge is 0.235 e. The Balaban J connectivity index is 1.79. The maximum absolute atomic E-state index is 14.4. The van der Waals surface area contributed by atoms with Gasteiger partial charge < -0.3 is 15.8 Å². The van der Waals surface area contributed by atoms with Crippen molar-refractivity contribution in [2.75, 3.05) is 15.8 Å². The van der Waals surface area contributed by atoms with Crippen molar-refractivity contribution in [3.05, 3.63) is 71.8 Å². The maximum Gasteiger partial charge on any atom is 0.235 e. The minimum atomic E-state index is -3.72. The average molecular weight is 445 g/mol. The average Bonchev–Trinajstić information content (AvgIpc) is 3.52.